The normalized spacial score (nSPS) is 13.1. The van der Waals surface area contributed by atoms with E-state index < -0.39 is 11.7 Å². The van der Waals surface area contributed by atoms with Crippen LogP contribution in [0.25, 0.3) is 0 Å². The zero-order valence-electron chi connectivity index (χ0n) is 10.6. The largest absolute Gasteiger partial charge is 0.417 e. The second kappa shape index (κ2) is 5.71. The monoisotopic (exact) mass is 300 g/mol. The van der Waals surface area contributed by atoms with Crippen molar-refractivity contribution in [2.24, 2.45) is 0 Å². The van der Waals surface area contributed by atoms with Gasteiger partial charge in [-0.3, -0.25) is 4.98 Å². The molecule has 0 amide bonds. The van der Waals surface area contributed by atoms with Crippen molar-refractivity contribution in [3.05, 3.63) is 58.9 Å². The van der Waals surface area contributed by atoms with Crippen LogP contribution in [-0.2, 0) is 6.18 Å². The lowest BCUT2D eigenvalue weighted by atomic mass is 10.1. The van der Waals surface area contributed by atoms with Gasteiger partial charge in [-0.1, -0.05) is 17.7 Å². The van der Waals surface area contributed by atoms with E-state index in [4.69, 9.17) is 11.6 Å². The zero-order valence-corrected chi connectivity index (χ0v) is 11.3. The minimum Gasteiger partial charge on any atom is -0.377 e. The van der Waals surface area contributed by atoms with Gasteiger partial charge in [0.15, 0.2) is 0 Å². The highest BCUT2D eigenvalue weighted by atomic mass is 35.5. The minimum absolute atomic E-state index is 0.210. The van der Waals surface area contributed by atoms with Crippen molar-refractivity contribution in [1.29, 1.82) is 0 Å². The number of hydrogen-bond donors (Lipinski definition) is 1. The number of alkyl halides is 3. The number of anilines is 1. The average molecular weight is 301 g/mol. The van der Waals surface area contributed by atoms with E-state index in [1.807, 2.05) is 13.0 Å². The summed E-state index contributed by atoms with van der Waals surface area (Å²) in [5.41, 5.74) is 0.244. The maximum Gasteiger partial charge on any atom is 0.417 e. The topological polar surface area (TPSA) is 24.9 Å². The average Bonchev–Trinajstić information content (AvgIpc) is 2.40. The molecule has 6 heteroatoms. The van der Waals surface area contributed by atoms with Crippen molar-refractivity contribution < 1.29 is 13.2 Å². The Morgan fingerprint density at radius 1 is 1.20 bits per heavy atom. The molecule has 1 heterocycles. The second-order valence-electron chi connectivity index (χ2n) is 4.31. The van der Waals surface area contributed by atoms with Gasteiger partial charge in [0.05, 0.1) is 22.3 Å². The maximum atomic E-state index is 12.8. The highest BCUT2D eigenvalue weighted by Crippen LogP contribution is 2.36. The fourth-order valence-corrected chi connectivity index (χ4v) is 2.01. The summed E-state index contributed by atoms with van der Waals surface area (Å²) in [6.07, 6.45) is -2.83. The van der Waals surface area contributed by atoms with Crippen LogP contribution in [0, 0.1) is 0 Å². The Kier molecular flexibility index (Phi) is 4.18. The number of halogens is 4. The Bertz CT molecular complexity index is 585. The molecule has 1 N–H and O–H groups in total. The number of aromatic nitrogens is 1. The smallest absolute Gasteiger partial charge is 0.377 e. The molecule has 0 saturated carbocycles. The van der Waals surface area contributed by atoms with Crippen molar-refractivity contribution >= 4 is 17.3 Å². The van der Waals surface area contributed by atoms with Crippen LogP contribution in [0.3, 0.4) is 0 Å². The molecule has 0 radical (unpaired) electrons. The molecule has 0 spiro atoms. The third-order valence-electron chi connectivity index (χ3n) is 2.79. The molecular formula is C14H12ClF3N2. The number of rotatable bonds is 3. The van der Waals surface area contributed by atoms with Crippen LogP contribution in [0.4, 0.5) is 18.9 Å². The van der Waals surface area contributed by atoms with Crippen molar-refractivity contribution in [2.45, 2.75) is 19.1 Å². The third kappa shape index (κ3) is 3.42. The molecule has 1 aromatic heterocycles. The van der Waals surface area contributed by atoms with Crippen LogP contribution >= 0.6 is 11.6 Å². The first-order chi connectivity index (χ1) is 9.38. The molecule has 0 saturated heterocycles. The Morgan fingerprint density at radius 2 is 1.95 bits per heavy atom. The summed E-state index contributed by atoms with van der Waals surface area (Å²) in [6.45, 7) is 1.82. The van der Waals surface area contributed by atoms with Gasteiger partial charge in [-0.25, -0.2) is 0 Å². The van der Waals surface area contributed by atoms with E-state index in [2.05, 4.69) is 10.3 Å². The molecule has 0 aliphatic rings. The van der Waals surface area contributed by atoms with Gasteiger partial charge < -0.3 is 5.32 Å². The molecule has 0 fully saturated rings. The summed E-state index contributed by atoms with van der Waals surface area (Å²) in [5, 5.41) is 2.67. The predicted molar refractivity (Wildman–Crippen MR) is 72.7 cm³/mol. The quantitative estimate of drug-likeness (QED) is 0.869. The van der Waals surface area contributed by atoms with Crippen molar-refractivity contribution in [3.63, 3.8) is 0 Å². The summed E-state index contributed by atoms with van der Waals surface area (Å²) in [7, 11) is 0. The number of nitrogens with zero attached hydrogens (tertiary/aromatic N) is 1. The summed E-state index contributed by atoms with van der Waals surface area (Å²) < 4.78 is 38.3. The van der Waals surface area contributed by atoms with Crippen LogP contribution in [0.5, 0.6) is 0 Å². The molecule has 1 aromatic carbocycles. The summed E-state index contributed by atoms with van der Waals surface area (Å²) in [4.78, 5) is 4.15. The second-order valence-corrected chi connectivity index (χ2v) is 4.72. The number of benzene rings is 1. The minimum atomic E-state index is -4.47. The lowest BCUT2D eigenvalue weighted by Crippen LogP contribution is -2.10. The van der Waals surface area contributed by atoms with Gasteiger partial charge in [-0.05, 0) is 37.3 Å². The fraction of sp³-hybridized carbons (Fsp3) is 0.214. The molecule has 1 atom stereocenters. The Balaban J connectivity index is 2.22. The highest BCUT2D eigenvalue weighted by molar-refractivity contribution is 6.31. The maximum absolute atomic E-state index is 12.8. The van der Waals surface area contributed by atoms with Gasteiger partial charge in [0.2, 0.25) is 0 Å². The van der Waals surface area contributed by atoms with E-state index in [0.717, 1.165) is 11.8 Å². The molecule has 20 heavy (non-hydrogen) atoms. The van der Waals surface area contributed by atoms with Gasteiger partial charge in [-0.15, -0.1) is 0 Å². The Labute approximate surface area is 119 Å². The van der Waals surface area contributed by atoms with Crippen LogP contribution in [0.15, 0.2) is 42.6 Å². The first-order valence-corrected chi connectivity index (χ1v) is 6.30. The third-order valence-corrected chi connectivity index (χ3v) is 3.12. The SMILES string of the molecule is CC(Nc1ccc(Cl)c(C(F)(F)F)c1)c1ccccn1. The van der Waals surface area contributed by atoms with Crippen LogP contribution in [-0.4, -0.2) is 4.98 Å². The van der Waals surface area contributed by atoms with E-state index in [1.165, 1.54) is 12.1 Å². The molecule has 1 unspecified atom stereocenters. The molecule has 2 rings (SSSR count). The van der Waals surface area contributed by atoms with Crippen molar-refractivity contribution in [1.82, 2.24) is 4.98 Å². The lowest BCUT2D eigenvalue weighted by Gasteiger charge is -2.17. The summed E-state index contributed by atoms with van der Waals surface area (Å²) >= 11 is 5.57. The van der Waals surface area contributed by atoms with E-state index in [9.17, 15) is 13.2 Å². The highest BCUT2D eigenvalue weighted by Gasteiger charge is 2.33. The number of hydrogen-bond acceptors (Lipinski definition) is 2. The summed E-state index contributed by atoms with van der Waals surface area (Å²) in [6, 6.07) is 8.94. The molecule has 2 nitrogen and oxygen atoms in total. The molecule has 0 aliphatic heterocycles. The first kappa shape index (κ1) is 14.7. The summed E-state index contributed by atoms with van der Waals surface area (Å²) in [5.74, 6) is 0. The van der Waals surface area contributed by atoms with Crippen LogP contribution in [0.1, 0.15) is 24.2 Å². The standard InChI is InChI=1S/C14H12ClF3N2/c1-9(13-4-2-3-7-19-13)20-10-5-6-12(15)11(8-10)14(16,17)18/h2-9,20H,1H3. The van der Waals surface area contributed by atoms with E-state index in [0.29, 0.717) is 5.69 Å². The van der Waals surface area contributed by atoms with E-state index >= 15 is 0 Å². The van der Waals surface area contributed by atoms with Crippen molar-refractivity contribution in [2.75, 3.05) is 5.32 Å². The molecular weight excluding hydrogens is 289 g/mol. The van der Waals surface area contributed by atoms with Crippen LogP contribution in [0.2, 0.25) is 5.02 Å². The molecule has 106 valence electrons. The molecule has 0 aliphatic carbocycles. The molecule has 2 aromatic rings. The van der Waals surface area contributed by atoms with Gasteiger partial charge in [0.1, 0.15) is 0 Å². The van der Waals surface area contributed by atoms with Gasteiger partial charge in [0.25, 0.3) is 0 Å². The Morgan fingerprint density at radius 3 is 2.55 bits per heavy atom. The van der Waals surface area contributed by atoms with Gasteiger partial charge in [-0.2, -0.15) is 13.2 Å². The van der Waals surface area contributed by atoms with Gasteiger partial charge >= 0.3 is 6.18 Å². The number of pyridine rings is 1. The Hall–Kier alpha value is -1.75. The predicted octanol–water partition coefficient (Wildman–Crippen LogP) is 4.93. The lowest BCUT2D eigenvalue weighted by molar-refractivity contribution is -0.137. The van der Waals surface area contributed by atoms with E-state index in [-0.39, 0.29) is 11.1 Å². The fourth-order valence-electron chi connectivity index (χ4n) is 1.79. The molecule has 0 bridgehead atoms. The van der Waals surface area contributed by atoms with Crippen molar-refractivity contribution in [3.8, 4) is 0 Å². The zero-order chi connectivity index (χ0) is 14.8. The van der Waals surface area contributed by atoms with E-state index in [1.54, 1.807) is 18.3 Å². The first-order valence-electron chi connectivity index (χ1n) is 5.92. The van der Waals surface area contributed by atoms with Crippen LogP contribution < -0.4 is 5.32 Å². The van der Waals surface area contributed by atoms with Gasteiger partial charge in [0, 0.05) is 11.9 Å². The number of nitrogens with one attached hydrogen (secondary N) is 1.